The molecule has 0 aliphatic heterocycles. The van der Waals surface area contributed by atoms with E-state index in [9.17, 15) is 0 Å². The molecule has 0 amide bonds. The third kappa shape index (κ3) is 1.76. The van der Waals surface area contributed by atoms with Crippen molar-refractivity contribution in [1.29, 1.82) is 0 Å². The zero-order valence-corrected chi connectivity index (χ0v) is 6.42. The lowest BCUT2D eigenvalue weighted by molar-refractivity contribution is 0.283. The second-order valence-electron chi connectivity index (χ2n) is 2.41. The molecule has 0 unspecified atom stereocenters. The number of allylic oxidation sites excluding steroid dienone is 5. The van der Waals surface area contributed by atoms with Crippen LogP contribution in [0.4, 0.5) is 0 Å². The van der Waals surface area contributed by atoms with E-state index in [1.165, 1.54) is 5.57 Å². The lowest BCUT2D eigenvalue weighted by Crippen LogP contribution is -1.85. The predicted octanol–water partition coefficient (Wildman–Crippen LogP) is 2.42. The first-order valence-corrected chi connectivity index (χ1v) is 3.40. The van der Waals surface area contributed by atoms with Gasteiger partial charge in [0.15, 0.2) is 0 Å². The van der Waals surface area contributed by atoms with Gasteiger partial charge in [0, 0.05) is 6.42 Å². The molecule has 0 heterocycles. The minimum Gasteiger partial charge on any atom is -0.501 e. The normalized spacial score (nSPS) is 17.4. The number of ether oxygens (including phenoxy) is 1. The van der Waals surface area contributed by atoms with Crippen LogP contribution in [0.1, 0.15) is 13.3 Å². The highest BCUT2D eigenvalue weighted by molar-refractivity contribution is 5.24. The van der Waals surface area contributed by atoms with Crippen LogP contribution in [-0.4, -0.2) is 7.11 Å². The summed E-state index contributed by atoms with van der Waals surface area (Å²) >= 11 is 0. The molecule has 0 N–H and O–H groups in total. The maximum absolute atomic E-state index is 5.11. The van der Waals surface area contributed by atoms with Crippen LogP contribution < -0.4 is 0 Å². The van der Waals surface area contributed by atoms with Gasteiger partial charge in [0.25, 0.3) is 0 Å². The Hall–Kier alpha value is -0.980. The fourth-order valence-corrected chi connectivity index (χ4v) is 0.916. The molecular weight excluding hydrogens is 124 g/mol. The van der Waals surface area contributed by atoms with E-state index in [4.69, 9.17) is 4.74 Å². The van der Waals surface area contributed by atoms with Crippen molar-refractivity contribution >= 4 is 0 Å². The molecule has 0 spiro atoms. The van der Waals surface area contributed by atoms with Crippen LogP contribution in [0, 0.1) is 0 Å². The number of hydrogen-bond donors (Lipinski definition) is 0. The van der Waals surface area contributed by atoms with E-state index in [1.54, 1.807) is 7.11 Å². The molecule has 0 atom stereocenters. The second kappa shape index (κ2) is 3.25. The SMILES string of the molecule is COC1=CC=CC=C(C)C1. The zero-order chi connectivity index (χ0) is 7.40. The van der Waals surface area contributed by atoms with Crippen LogP contribution in [0.3, 0.4) is 0 Å². The van der Waals surface area contributed by atoms with Crippen molar-refractivity contribution < 1.29 is 4.74 Å². The smallest absolute Gasteiger partial charge is 0.0995 e. The first kappa shape index (κ1) is 7.13. The fraction of sp³-hybridized carbons (Fsp3) is 0.333. The lowest BCUT2D eigenvalue weighted by Gasteiger charge is -2.02. The van der Waals surface area contributed by atoms with Gasteiger partial charge in [-0.2, -0.15) is 0 Å². The van der Waals surface area contributed by atoms with Crippen LogP contribution in [0.5, 0.6) is 0 Å². The van der Waals surface area contributed by atoms with Gasteiger partial charge in [-0.25, -0.2) is 0 Å². The highest BCUT2D eigenvalue weighted by Crippen LogP contribution is 2.13. The van der Waals surface area contributed by atoms with Crippen molar-refractivity contribution in [3.05, 3.63) is 35.6 Å². The summed E-state index contributed by atoms with van der Waals surface area (Å²) in [6.07, 6.45) is 9.05. The van der Waals surface area contributed by atoms with Crippen LogP contribution >= 0.6 is 0 Å². The summed E-state index contributed by atoms with van der Waals surface area (Å²) in [4.78, 5) is 0. The average Bonchev–Trinajstić information content (AvgIpc) is 2.13. The van der Waals surface area contributed by atoms with Crippen LogP contribution in [0.15, 0.2) is 35.6 Å². The highest BCUT2D eigenvalue weighted by atomic mass is 16.5. The maximum atomic E-state index is 5.11. The standard InChI is InChI=1S/C9H12O/c1-8-5-3-4-6-9(7-8)10-2/h3-6H,7H2,1-2H3. The zero-order valence-electron chi connectivity index (χ0n) is 6.42. The Labute approximate surface area is 61.7 Å². The quantitative estimate of drug-likeness (QED) is 0.538. The first-order valence-electron chi connectivity index (χ1n) is 3.40. The molecule has 1 heteroatoms. The third-order valence-corrected chi connectivity index (χ3v) is 1.49. The Morgan fingerprint density at radius 3 is 2.70 bits per heavy atom. The third-order valence-electron chi connectivity index (χ3n) is 1.49. The topological polar surface area (TPSA) is 9.23 Å². The van der Waals surface area contributed by atoms with Gasteiger partial charge >= 0.3 is 0 Å². The van der Waals surface area contributed by atoms with Crippen molar-refractivity contribution in [2.24, 2.45) is 0 Å². The molecule has 1 aliphatic carbocycles. The van der Waals surface area contributed by atoms with Crippen LogP contribution in [0.2, 0.25) is 0 Å². The van der Waals surface area contributed by atoms with Gasteiger partial charge in [0.2, 0.25) is 0 Å². The van der Waals surface area contributed by atoms with E-state index in [2.05, 4.69) is 13.0 Å². The monoisotopic (exact) mass is 136 g/mol. The summed E-state index contributed by atoms with van der Waals surface area (Å²) < 4.78 is 5.11. The van der Waals surface area contributed by atoms with E-state index >= 15 is 0 Å². The molecule has 0 aromatic rings. The minimum atomic E-state index is 0.934. The van der Waals surface area contributed by atoms with Crippen molar-refractivity contribution in [2.75, 3.05) is 7.11 Å². The Morgan fingerprint density at radius 1 is 1.30 bits per heavy atom. The fourth-order valence-electron chi connectivity index (χ4n) is 0.916. The summed E-state index contributed by atoms with van der Waals surface area (Å²) in [5, 5.41) is 0. The van der Waals surface area contributed by atoms with E-state index < -0.39 is 0 Å². The van der Waals surface area contributed by atoms with Gasteiger partial charge < -0.3 is 4.74 Å². The summed E-state index contributed by atoms with van der Waals surface area (Å²) in [5.41, 5.74) is 1.34. The van der Waals surface area contributed by atoms with Gasteiger partial charge in [-0.3, -0.25) is 0 Å². The summed E-state index contributed by atoms with van der Waals surface area (Å²) in [6, 6.07) is 0. The van der Waals surface area contributed by atoms with E-state index in [0.29, 0.717) is 0 Å². The number of rotatable bonds is 1. The van der Waals surface area contributed by atoms with Crippen molar-refractivity contribution in [1.82, 2.24) is 0 Å². The summed E-state index contributed by atoms with van der Waals surface area (Å²) in [7, 11) is 1.71. The molecule has 0 radical (unpaired) electrons. The molecule has 0 saturated carbocycles. The molecule has 0 saturated heterocycles. The van der Waals surface area contributed by atoms with Crippen molar-refractivity contribution in [3.8, 4) is 0 Å². The second-order valence-corrected chi connectivity index (χ2v) is 2.41. The Morgan fingerprint density at radius 2 is 2.00 bits per heavy atom. The van der Waals surface area contributed by atoms with Gasteiger partial charge in [-0.15, -0.1) is 0 Å². The predicted molar refractivity (Wildman–Crippen MR) is 42.6 cm³/mol. The first-order chi connectivity index (χ1) is 4.83. The van der Waals surface area contributed by atoms with Crippen molar-refractivity contribution in [3.63, 3.8) is 0 Å². The molecule has 1 aliphatic rings. The summed E-state index contributed by atoms with van der Waals surface area (Å²) in [5.74, 6) is 1.03. The van der Waals surface area contributed by atoms with Gasteiger partial charge in [0.1, 0.15) is 0 Å². The van der Waals surface area contributed by atoms with Gasteiger partial charge in [-0.1, -0.05) is 23.8 Å². The molecule has 0 aromatic heterocycles. The number of hydrogen-bond acceptors (Lipinski definition) is 1. The largest absolute Gasteiger partial charge is 0.501 e. The van der Waals surface area contributed by atoms with Crippen molar-refractivity contribution in [2.45, 2.75) is 13.3 Å². The van der Waals surface area contributed by atoms with E-state index in [0.717, 1.165) is 12.2 Å². The maximum Gasteiger partial charge on any atom is 0.0995 e. The van der Waals surface area contributed by atoms with E-state index in [-0.39, 0.29) is 0 Å². The summed E-state index contributed by atoms with van der Waals surface area (Å²) in [6.45, 7) is 2.10. The molecule has 1 rings (SSSR count). The molecule has 0 fully saturated rings. The Balaban J connectivity index is 2.72. The van der Waals surface area contributed by atoms with Gasteiger partial charge in [0.05, 0.1) is 12.9 Å². The molecule has 54 valence electrons. The molecule has 0 bridgehead atoms. The lowest BCUT2D eigenvalue weighted by atomic mass is 10.2. The van der Waals surface area contributed by atoms with Crippen LogP contribution in [-0.2, 0) is 4.74 Å². The minimum absolute atomic E-state index is 0.934. The van der Waals surface area contributed by atoms with E-state index in [1.807, 2.05) is 18.2 Å². The molecule has 1 nitrogen and oxygen atoms in total. The highest BCUT2D eigenvalue weighted by Gasteiger charge is 1.97. The average molecular weight is 136 g/mol. The Bertz CT molecular complexity index is 197. The molecule has 10 heavy (non-hydrogen) atoms. The molecule has 0 aromatic carbocycles. The van der Waals surface area contributed by atoms with Gasteiger partial charge in [-0.05, 0) is 13.0 Å². The number of methoxy groups -OCH3 is 1. The van der Waals surface area contributed by atoms with Crippen LogP contribution in [0.25, 0.3) is 0 Å². The molecular formula is C9H12O. The Kier molecular flexibility index (Phi) is 2.32.